The summed E-state index contributed by atoms with van der Waals surface area (Å²) < 4.78 is 0. The Kier molecular flexibility index (Phi) is 4.94. The molecule has 1 atom stereocenters. The van der Waals surface area contributed by atoms with E-state index in [9.17, 15) is 4.79 Å². The lowest BCUT2D eigenvalue weighted by Crippen LogP contribution is -2.25. The standard InChI is InChI=1S/C19H21NO/c1-14-9-11-18(15(2)13-14)16(3)20-19(21)12-10-17-7-5-4-6-8-17/h4-13,16H,1-3H3,(H,20,21)/b12-10+/t16-/m1/s1. The molecule has 0 fully saturated rings. The molecule has 0 aliphatic rings. The SMILES string of the molecule is Cc1ccc([C@@H](C)NC(=O)/C=C/c2ccccc2)c(C)c1. The van der Waals surface area contributed by atoms with Crippen molar-refractivity contribution in [2.45, 2.75) is 26.8 Å². The number of hydrogen-bond acceptors (Lipinski definition) is 1. The van der Waals surface area contributed by atoms with Crippen LogP contribution >= 0.6 is 0 Å². The summed E-state index contributed by atoms with van der Waals surface area (Å²) >= 11 is 0. The van der Waals surface area contributed by atoms with Crippen LogP contribution in [0.3, 0.4) is 0 Å². The molecule has 1 amide bonds. The fourth-order valence-electron chi connectivity index (χ4n) is 2.39. The highest BCUT2D eigenvalue weighted by Crippen LogP contribution is 2.18. The highest BCUT2D eigenvalue weighted by molar-refractivity contribution is 5.91. The molecule has 0 heterocycles. The van der Waals surface area contributed by atoms with Gasteiger partial charge in [0.2, 0.25) is 5.91 Å². The van der Waals surface area contributed by atoms with Gasteiger partial charge in [-0.05, 0) is 43.5 Å². The molecule has 2 aromatic carbocycles. The molecule has 0 saturated heterocycles. The average molecular weight is 279 g/mol. The van der Waals surface area contributed by atoms with Gasteiger partial charge in [-0.25, -0.2) is 0 Å². The van der Waals surface area contributed by atoms with Gasteiger partial charge in [0.1, 0.15) is 0 Å². The maximum Gasteiger partial charge on any atom is 0.244 e. The van der Waals surface area contributed by atoms with E-state index in [-0.39, 0.29) is 11.9 Å². The van der Waals surface area contributed by atoms with Crippen molar-refractivity contribution in [1.82, 2.24) is 5.32 Å². The van der Waals surface area contributed by atoms with E-state index in [1.165, 1.54) is 11.1 Å². The van der Waals surface area contributed by atoms with Gasteiger partial charge in [-0.1, -0.05) is 54.1 Å². The Morgan fingerprint density at radius 1 is 1.10 bits per heavy atom. The fourth-order valence-corrected chi connectivity index (χ4v) is 2.39. The summed E-state index contributed by atoms with van der Waals surface area (Å²) in [6, 6.07) is 16.1. The summed E-state index contributed by atoms with van der Waals surface area (Å²) in [5, 5.41) is 3.00. The van der Waals surface area contributed by atoms with Crippen molar-refractivity contribution in [3.63, 3.8) is 0 Å². The zero-order valence-electron chi connectivity index (χ0n) is 12.8. The van der Waals surface area contributed by atoms with E-state index in [2.05, 4.69) is 37.4 Å². The lowest BCUT2D eigenvalue weighted by atomic mass is 10.0. The number of benzene rings is 2. The summed E-state index contributed by atoms with van der Waals surface area (Å²) in [6.45, 7) is 6.15. The largest absolute Gasteiger partial charge is 0.346 e. The van der Waals surface area contributed by atoms with Crippen molar-refractivity contribution < 1.29 is 4.79 Å². The molecule has 0 aromatic heterocycles. The number of amides is 1. The van der Waals surface area contributed by atoms with Crippen LogP contribution < -0.4 is 5.32 Å². The van der Waals surface area contributed by atoms with Crippen molar-refractivity contribution in [2.24, 2.45) is 0 Å². The van der Waals surface area contributed by atoms with E-state index < -0.39 is 0 Å². The molecule has 0 unspecified atom stereocenters. The summed E-state index contributed by atoms with van der Waals surface area (Å²) in [5.74, 6) is -0.0775. The molecule has 2 heteroatoms. The van der Waals surface area contributed by atoms with Crippen LogP contribution in [0.2, 0.25) is 0 Å². The second kappa shape index (κ2) is 6.89. The van der Waals surface area contributed by atoms with E-state index in [0.717, 1.165) is 11.1 Å². The van der Waals surface area contributed by atoms with E-state index >= 15 is 0 Å². The minimum Gasteiger partial charge on any atom is -0.346 e. The third kappa shape index (κ3) is 4.32. The molecular formula is C19H21NO. The number of hydrogen-bond donors (Lipinski definition) is 1. The summed E-state index contributed by atoms with van der Waals surface area (Å²) in [5.41, 5.74) is 4.61. The molecule has 2 aromatic rings. The molecule has 0 aliphatic carbocycles. The lowest BCUT2D eigenvalue weighted by molar-refractivity contribution is -0.117. The number of nitrogens with one attached hydrogen (secondary N) is 1. The Balaban J connectivity index is 2.00. The van der Waals surface area contributed by atoms with Crippen LogP contribution in [0.1, 0.15) is 35.2 Å². The smallest absolute Gasteiger partial charge is 0.244 e. The second-order valence-electron chi connectivity index (χ2n) is 5.33. The van der Waals surface area contributed by atoms with Gasteiger partial charge in [0.15, 0.2) is 0 Å². The lowest BCUT2D eigenvalue weighted by Gasteiger charge is -2.16. The number of rotatable bonds is 4. The van der Waals surface area contributed by atoms with Crippen LogP contribution in [-0.2, 0) is 4.79 Å². The van der Waals surface area contributed by atoms with Gasteiger partial charge in [0, 0.05) is 6.08 Å². The maximum absolute atomic E-state index is 12.0. The molecule has 0 bridgehead atoms. The summed E-state index contributed by atoms with van der Waals surface area (Å²) in [6.07, 6.45) is 3.40. The van der Waals surface area contributed by atoms with E-state index in [0.29, 0.717) is 0 Å². The predicted octanol–water partition coefficient (Wildman–Crippen LogP) is 4.19. The molecule has 108 valence electrons. The molecule has 0 aliphatic heterocycles. The van der Waals surface area contributed by atoms with Gasteiger partial charge in [-0.15, -0.1) is 0 Å². The summed E-state index contributed by atoms with van der Waals surface area (Å²) in [7, 11) is 0. The number of aryl methyl sites for hydroxylation is 2. The minimum absolute atomic E-state index is 0.00137. The van der Waals surface area contributed by atoms with Crippen LogP contribution in [0.25, 0.3) is 6.08 Å². The van der Waals surface area contributed by atoms with Crippen LogP contribution in [0.5, 0.6) is 0 Å². The van der Waals surface area contributed by atoms with Crippen LogP contribution in [0.4, 0.5) is 0 Å². The average Bonchev–Trinajstić information content (AvgIpc) is 2.46. The molecular weight excluding hydrogens is 258 g/mol. The first-order valence-corrected chi connectivity index (χ1v) is 7.17. The fraction of sp³-hybridized carbons (Fsp3) is 0.211. The van der Waals surface area contributed by atoms with Crippen molar-refractivity contribution in [2.75, 3.05) is 0 Å². The number of carbonyl (C=O) groups is 1. The van der Waals surface area contributed by atoms with Gasteiger partial charge in [0.25, 0.3) is 0 Å². The van der Waals surface area contributed by atoms with Crippen molar-refractivity contribution in [3.05, 3.63) is 76.9 Å². The Labute approximate surface area is 126 Å². The van der Waals surface area contributed by atoms with Crippen molar-refractivity contribution in [3.8, 4) is 0 Å². The Hall–Kier alpha value is -2.35. The highest BCUT2D eigenvalue weighted by atomic mass is 16.1. The van der Waals surface area contributed by atoms with Gasteiger partial charge in [0.05, 0.1) is 6.04 Å². The summed E-state index contributed by atoms with van der Waals surface area (Å²) in [4.78, 5) is 12.0. The third-order valence-corrected chi connectivity index (χ3v) is 3.48. The van der Waals surface area contributed by atoms with Crippen molar-refractivity contribution >= 4 is 12.0 Å². The Morgan fingerprint density at radius 3 is 2.48 bits per heavy atom. The predicted molar refractivity (Wildman–Crippen MR) is 87.9 cm³/mol. The molecule has 0 saturated carbocycles. The second-order valence-corrected chi connectivity index (χ2v) is 5.33. The van der Waals surface area contributed by atoms with E-state index in [1.807, 2.05) is 43.3 Å². The van der Waals surface area contributed by atoms with Gasteiger partial charge in [-0.3, -0.25) is 4.79 Å². The third-order valence-electron chi connectivity index (χ3n) is 3.48. The maximum atomic E-state index is 12.0. The van der Waals surface area contributed by atoms with Crippen LogP contribution in [-0.4, -0.2) is 5.91 Å². The van der Waals surface area contributed by atoms with Crippen molar-refractivity contribution in [1.29, 1.82) is 0 Å². The van der Waals surface area contributed by atoms with E-state index in [4.69, 9.17) is 0 Å². The van der Waals surface area contributed by atoms with Gasteiger partial charge < -0.3 is 5.32 Å². The molecule has 2 nitrogen and oxygen atoms in total. The molecule has 0 spiro atoms. The molecule has 2 rings (SSSR count). The Bertz CT molecular complexity index is 644. The molecule has 21 heavy (non-hydrogen) atoms. The van der Waals surface area contributed by atoms with Gasteiger partial charge in [-0.2, -0.15) is 0 Å². The Morgan fingerprint density at radius 2 is 1.81 bits per heavy atom. The van der Waals surface area contributed by atoms with Crippen LogP contribution in [0.15, 0.2) is 54.6 Å². The van der Waals surface area contributed by atoms with Crippen LogP contribution in [0, 0.1) is 13.8 Å². The first kappa shape index (κ1) is 15.0. The zero-order valence-corrected chi connectivity index (χ0v) is 12.8. The number of carbonyl (C=O) groups excluding carboxylic acids is 1. The monoisotopic (exact) mass is 279 g/mol. The first-order valence-electron chi connectivity index (χ1n) is 7.17. The topological polar surface area (TPSA) is 29.1 Å². The van der Waals surface area contributed by atoms with E-state index in [1.54, 1.807) is 6.08 Å². The minimum atomic E-state index is -0.0775. The highest BCUT2D eigenvalue weighted by Gasteiger charge is 2.09. The molecule has 1 N–H and O–H groups in total. The zero-order chi connectivity index (χ0) is 15.2. The molecule has 0 radical (unpaired) electrons. The quantitative estimate of drug-likeness (QED) is 0.835. The van der Waals surface area contributed by atoms with Gasteiger partial charge >= 0.3 is 0 Å². The normalized spacial score (nSPS) is 12.3. The first-order chi connectivity index (χ1) is 10.1.